The molecule has 0 atom stereocenters. The van der Waals surface area contributed by atoms with Crippen molar-refractivity contribution >= 4 is 33.8 Å². The van der Waals surface area contributed by atoms with E-state index in [1.54, 1.807) is 0 Å². The fourth-order valence-corrected chi connectivity index (χ4v) is 2.77. The van der Waals surface area contributed by atoms with Gasteiger partial charge in [-0.2, -0.15) is 0 Å². The predicted octanol–water partition coefficient (Wildman–Crippen LogP) is 3.25. The molecule has 0 unspecified atom stereocenters. The van der Waals surface area contributed by atoms with E-state index in [-0.39, 0.29) is 0 Å². The highest BCUT2D eigenvalue weighted by molar-refractivity contribution is 14.1. The van der Waals surface area contributed by atoms with E-state index in [2.05, 4.69) is 50.5 Å². The van der Waals surface area contributed by atoms with Gasteiger partial charge in [-0.3, -0.25) is 4.98 Å². The molecule has 96 valence electrons. The van der Waals surface area contributed by atoms with E-state index >= 15 is 0 Å². The molecule has 0 fully saturated rings. The highest BCUT2D eigenvalue weighted by Gasteiger charge is 2.14. The van der Waals surface area contributed by atoms with Gasteiger partial charge in [-0.05, 0) is 59.7 Å². The maximum Gasteiger partial charge on any atom is 0.161 e. The summed E-state index contributed by atoms with van der Waals surface area (Å²) in [6, 6.07) is 4.16. The van der Waals surface area contributed by atoms with E-state index in [1.807, 2.05) is 37.0 Å². The number of halogens is 1. The molecule has 0 saturated carbocycles. The van der Waals surface area contributed by atoms with Crippen LogP contribution in [0.1, 0.15) is 11.1 Å². The van der Waals surface area contributed by atoms with Gasteiger partial charge in [0.05, 0.1) is 0 Å². The number of hydrogen-bond acceptors (Lipinski definition) is 3. The van der Waals surface area contributed by atoms with Crippen molar-refractivity contribution in [1.82, 2.24) is 19.5 Å². The summed E-state index contributed by atoms with van der Waals surface area (Å²) in [4.78, 5) is 13.6. The quantitative estimate of drug-likeness (QED) is 0.623. The van der Waals surface area contributed by atoms with Crippen LogP contribution in [0.25, 0.3) is 22.7 Å². The van der Waals surface area contributed by atoms with Crippen LogP contribution in [0.5, 0.6) is 0 Å². The molecular formula is C14H13IN4. The number of imidazole rings is 1. The van der Waals surface area contributed by atoms with E-state index in [9.17, 15) is 0 Å². The summed E-state index contributed by atoms with van der Waals surface area (Å²) in [5.74, 6) is 0.863. The summed E-state index contributed by atoms with van der Waals surface area (Å²) in [6.45, 7) is 4.08. The van der Waals surface area contributed by atoms with Crippen LogP contribution in [-0.4, -0.2) is 19.5 Å². The Morgan fingerprint density at radius 2 is 1.89 bits per heavy atom. The minimum atomic E-state index is 0.863. The van der Waals surface area contributed by atoms with Crippen molar-refractivity contribution in [2.45, 2.75) is 13.8 Å². The number of hydrogen-bond donors (Lipinski definition) is 0. The molecule has 0 aliphatic rings. The number of aromatic nitrogens is 4. The van der Waals surface area contributed by atoms with E-state index in [4.69, 9.17) is 0 Å². The zero-order valence-corrected chi connectivity index (χ0v) is 13.1. The second-order valence-corrected chi connectivity index (χ2v) is 5.91. The normalized spacial score (nSPS) is 11.2. The molecule has 4 nitrogen and oxygen atoms in total. The average molecular weight is 364 g/mol. The molecule has 0 saturated heterocycles. The van der Waals surface area contributed by atoms with Crippen LogP contribution in [0.3, 0.4) is 0 Å². The van der Waals surface area contributed by atoms with Gasteiger partial charge in [0.25, 0.3) is 0 Å². The van der Waals surface area contributed by atoms with Gasteiger partial charge in [-0.15, -0.1) is 0 Å². The Hall–Kier alpha value is -1.50. The molecule has 0 aliphatic carbocycles. The zero-order chi connectivity index (χ0) is 13.6. The highest BCUT2D eigenvalue weighted by atomic mass is 127. The van der Waals surface area contributed by atoms with Crippen LogP contribution < -0.4 is 0 Å². The molecule has 3 aromatic heterocycles. The highest BCUT2D eigenvalue weighted by Crippen LogP contribution is 2.24. The van der Waals surface area contributed by atoms with Gasteiger partial charge >= 0.3 is 0 Å². The monoisotopic (exact) mass is 364 g/mol. The lowest BCUT2D eigenvalue weighted by atomic mass is 10.2. The molecule has 0 spiro atoms. The van der Waals surface area contributed by atoms with E-state index < -0.39 is 0 Å². The lowest BCUT2D eigenvalue weighted by Gasteiger charge is -2.05. The van der Waals surface area contributed by atoms with Crippen LogP contribution in [-0.2, 0) is 7.05 Å². The van der Waals surface area contributed by atoms with Crippen LogP contribution in [0, 0.1) is 17.4 Å². The number of rotatable bonds is 1. The fraction of sp³-hybridized carbons (Fsp3) is 0.214. The zero-order valence-electron chi connectivity index (χ0n) is 11.0. The van der Waals surface area contributed by atoms with Crippen molar-refractivity contribution in [1.29, 1.82) is 0 Å². The van der Waals surface area contributed by atoms with Crippen molar-refractivity contribution in [2.75, 3.05) is 0 Å². The smallest absolute Gasteiger partial charge is 0.161 e. The maximum atomic E-state index is 4.67. The Kier molecular flexibility index (Phi) is 3.00. The molecule has 3 heterocycles. The van der Waals surface area contributed by atoms with Gasteiger partial charge in [-0.1, -0.05) is 0 Å². The van der Waals surface area contributed by atoms with E-state index in [0.29, 0.717) is 0 Å². The summed E-state index contributed by atoms with van der Waals surface area (Å²) in [7, 11) is 1.98. The van der Waals surface area contributed by atoms with Crippen molar-refractivity contribution < 1.29 is 0 Å². The Balaban J connectivity index is 2.27. The fourth-order valence-electron chi connectivity index (χ4n) is 2.16. The topological polar surface area (TPSA) is 43.6 Å². The molecule has 5 heteroatoms. The second kappa shape index (κ2) is 4.56. The largest absolute Gasteiger partial charge is 0.311 e. The van der Waals surface area contributed by atoms with Gasteiger partial charge in [0.1, 0.15) is 11.2 Å². The van der Waals surface area contributed by atoms with Gasteiger partial charge in [-0.25, -0.2) is 9.97 Å². The van der Waals surface area contributed by atoms with Gasteiger partial charge in [0.2, 0.25) is 0 Å². The first-order valence-electron chi connectivity index (χ1n) is 5.98. The van der Waals surface area contributed by atoms with E-state index in [1.165, 1.54) is 0 Å². The third-order valence-corrected chi connectivity index (χ3v) is 3.69. The summed E-state index contributed by atoms with van der Waals surface area (Å²) < 4.78 is 3.13. The summed E-state index contributed by atoms with van der Waals surface area (Å²) >= 11 is 2.27. The first-order valence-corrected chi connectivity index (χ1v) is 7.06. The van der Waals surface area contributed by atoms with Crippen LogP contribution >= 0.6 is 22.6 Å². The minimum absolute atomic E-state index is 0.863. The number of nitrogens with zero attached hydrogens (tertiary/aromatic N) is 4. The minimum Gasteiger partial charge on any atom is -0.311 e. The van der Waals surface area contributed by atoms with Gasteiger partial charge in [0.15, 0.2) is 11.5 Å². The summed E-state index contributed by atoms with van der Waals surface area (Å²) in [6.07, 6.45) is 3.73. The molecule has 19 heavy (non-hydrogen) atoms. The third-order valence-electron chi connectivity index (χ3n) is 3.10. The summed E-state index contributed by atoms with van der Waals surface area (Å²) in [5, 5.41) is 0. The summed E-state index contributed by atoms with van der Waals surface area (Å²) in [5.41, 5.74) is 4.96. The first-order chi connectivity index (χ1) is 9.06. The SMILES string of the molecule is Cc1cnc2c(c1)nc(-c1ncc(I)cc1C)n2C. The molecular weight excluding hydrogens is 351 g/mol. The van der Waals surface area contributed by atoms with Crippen LogP contribution in [0.15, 0.2) is 24.5 Å². The van der Waals surface area contributed by atoms with Crippen LogP contribution in [0.4, 0.5) is 0 Å². The van der Waals surface area contributed by atoms with Gasteiger partial charge < -0.3 is 4.57 Å². The second-order valence-electron chi connectivity index (χ2n) is 4.67. The first kappa shape index (κ1) is 12.5. The maximum absolute atomic E-state index is 4.67. The number of aryl methyl sites for hydroxylation is 3. The Morgan fingerprint density at radius 1 is 1.11 bits per heavy atom. The molecule has 0 bridgehead atoms. The Bertz CT molecular complexity index is 776. The molecule has 0 N–H and O–H groups in total. The van der Waals surface area contributed by atoms with Gasteiger partial charge in [0, 0.05) is 23.0 Å². The third kappa shape index (κ3) is 2.11. The molecule has 0 aromatic carbocycles. The standard InChI is InChI=1S/C14H13IN4/c1-8-4-11-13(17-6-8)19(3)14(18-11)12-9(2)5-10(15)7-16-12/h4-7H,1-3H3. The Labute approximate surface area is 125 Å². The molecule has 0 amide bonds. The lowest BCUT2D eigenvalue weighted by molar-refractivity contribution is 0.930. The van der Waals surface area contributed by atoms with Crippen molar-refractivity contribution in [3.63, 3.8) is 0 Å². The van der Waals surface area contributed by atoms with Crippen LogP contribution in [0.2, 0.25) is 0 Å². The van der Waals surface area contributed by atoms with Crippen molar-refractivity contribution in [3.05, 3.63) is 39.2 Å². The van der Waals surface area contributed by atoms with Crippen molar-refractivity contribution in [2.24, 2.45) is 7.05 Å². The molecule has 0 radical (unpaired) electrons. The number of pyridine rings is 2. The lowest BCUT2D eigenvalue weighted by Crippen LogP contribution is -1.98. The molecule has 3 aromatic rings. The number of fused-ring (bicyclic) bond motifs is 1. The predicted molar refractivity (Wildman–Crippen MR) is 83.9 cm³/mol. The molecule has 0 aliphatic heterocycles. The average Bonchev–Trinajstić information content (AvgIpc) is 2.66. The molecule has 3 rings (SSSR count). The van der Waals surface area contributed by atoms with Crippen molar-refractivity contribution in [3.8, 4) is 11.5 Å². The van der Waals surface area contributed by atoms with E-state index in [0.717, 1.165) is 37.4 Å². The Morgan fingerprint density at radius 3 is 2.63 bits per heavy atom.